The maximum absolute atomic E-state index is 11.5. The van der Waals surface area contributed by atoms with Crippen LogP contribution in [0.3, 0.4) is 0 Å². The van der Waals surface area contributed by atoms with Gasteiger partial charge in [-0.25, -0.2) is 8.42 Å². The number of nitrogens with zero attached hydrogens (tertiary/aromatic N) is 3. The van der Waals surface area contributed by atoms with Crippen LogP contribution in [0.15, 0.2) is 4.99 Å². The summed E-state index contributed by atoms with van der Waals surface area (Å²) >= 11 is 0. The van der Waals surface area contributed by atoms with Crippen molar-refractivity contribution in [3.05, 3.63) is 0 Å². The quantitative estimate of drug-likeness (QED) is 0.360. The van der Waals surface area contributed by atoms with Crippen molar-refractivity contribution >= 4 is 15.8 Å². The maximum atomic E-state index is 11.5. The predicted molar refractivity (Wildman–Crippen MR) is 109 cm³/mol. The van der Waals surface area contributed by atoms with Crippen LogP contribution in [0.5, 0.6) is 0 Å². The van der Waals surface area contributed by atoms with Gasteiger partial charge < -0.3 is 15.5 Å². The zero-order valence-corrected chi connectivity index (χ0v) is 17.4. The molecule has 152 valence electrons. The van der Waals surface area contributed by atoms with E-state index in [-0.39, 0.29) is 11.5 Å². The van der Waals surface area contributed by atoms with Gasteiger partial charge in [0.15, 0.2) is 15.8 Å². The number of guanidine groups is 1. The molecule has 0 radical (unpaired) electrons. The third-order valence-electron chi connectivity index (χ3n) is 5.32. The Bertz CT molecular complexity index is 524. The molecule has 0 spiro atoms. The highest BCUT2D eigenvalue weighted by molar-refractivity contribution is 7.91. The summed E-state index contributed by atoms with van der Waals surface area (Å²) in [7, 11) is -2.80. The number of rotatable bonds is 8. The number of sulfone groups is 1. The van der Waals surface area contributed by atoms with Crippen LogP contribution >= 0.6 is 0 Å². The molecule has 1 unspecified atom stereocenters. The van der Waals surface area contributed by atoms with Crippen LogP contribution in [-0.2, 0) is 9.84 Å². The molecule has 0 saturated carbocycles. The van der Waals surface area contributed by atoms with Crippen molar-refractivity contribution in [1.82, 2.24) is 20.4 Å². The molecule has 26 heavy (non-hydrogen) atoms. The fourth-order valence-corrected chi connectivity index (χ4v) is 4.88. The molecular formula is C18H37N5O2S. The Morgan fingerprint density at radius 2 is 1.88 bits per heavy atom. The molecule has 0 aliphatic carbocycles. The van der Waals surface area contributed by atoms with E-state index in [0.717, 1.165) is 45.1 Å². The number of hydrogen-bond acceptors (Lipinski definition) is 5. The van der Waals surface area contributed by atoms with E-state index in [1.807, 2.05) is 0 Å². The fourth-order valence-electron chi connectivity index (χ4n) is 3.60. The lowest BCUT2D eigenvalue weighted by Crippen LogP contribution is -2.46. The first-order valence-electron chi connectivity index (χ1n) is 10.2. The number of likely N-dealkylation sites (tertiary alicyclic amines) is 1. The van der Waals surface area contributed by atoms with E-state index in [2.05, 4.69) is 39.3 Å². The summed E-state index contributed by atoms with van der Waals surface area (Å²) in [5.41, 5.74) is 0. The van der Waals surface area contributed by atoms with Crippen LogP contribution in [-0.4, -0.2) is 94.1 Å². The molecule has 0 aromatic carbocycles. The highest BCUT2D eigenvalue weighted by Gasteiger charge is 2.21. The van der Waals surface area contributed by atoms with Crippen molar-refractivity contribution in [2.75, 3.05) is 63.9 Å². The van der Waals surface area contributed by atoms with Gasteiger partial charge in [-0.1, -0.05) is 6.42 Å². The Labute approximate surface area is 159 Å². The van der Waals surface area contributed by atoms with Crippen molar-refractivity contribution in [1.29, 1.82) is 0 Å². The predicted octanol–water partition coefficient (Wildman–Crippen LogP) is 0.536. The fraction of sp³-hybridized carbons (Fsp3) is 0.944. The molecule has 2 fully saturated rings. The number of hydrogen-bond donors (Lipinski definition) is 2. The van der Waals surface area contributed by atoms with Gasteiger partial charge in [0.05, 0.1) is 11.5 Å². The molecule has 7 nitrogen and oxygen atoms in total. The SMILES string of the molecule is CCNC(=NCCCN1CCCCC1C)NCCN1CCS(=O)(=O)CC1. The van der Waals surface area contributed by atoms with E-state index >= 15 is 0 Å². The summed E-state index contributed by atoms with van der Waals surface area (Å²) in [5, 5.41) is 6.66. The second-order valence-corrected chi connectivity index (χ2v) is 9.72. The van der Waals surface area contributed by atoms with Gasteiger partial charge in [0.2, 0.25) is 0 Å². The highest BCUT2D eigenvalue weighted by atomic mass is 32.2. The average molecular weight is 388 g/mol. The van der Waals surface area contributed by atoms with Crippen LogP contribution in [0.25, 0.3) is 0 Å². The minimum absolute atomic E-state index is 0.288. The largest absolute Gasteiger partial charge is 0.357 e. The van der Waals surface area contributed by atoms with E-state index in [4.69, 9.17) is 0 Å². The molecule has 2 aliphatic heterocycles. The molecule has 1 atom stereocenters. The van der Waals surface area contributed by atoms with Crippen LogP contribution in [0.1, 0.15) is 39.5 Å². The monoisotopic (exact) mass is 387 g/mol. The number of nitrogens with one attached hydrogen (secondary N) is 2. The summed E-state index contributed by atoms with van der Waals surface area (Å²) in [5.74, 6) is 1.44. The molecule has 0 aromatic heterocycles. The van der Waals surface area contributed by atoms with Crippen molar-refractivity contribution in [3.8, 4) is 0 Å². The minimum Gasteiger partial charge on any atom is -0.357 e. The van der Waals surface area contributed by atoms with Gasteiger partial charge in [0, 0.05) is 51.9 Å². The number of aliphatic imine (C=N–C) groups is 1. The standard InChI is InChI=1S/C18H37N5O2S/c1-3-19-18(20-8-6-11-23-10-5-4-7-17(23)2)21-9-12-22-13-15-26(24,25)16-14-22/h17H,3-16H2,1-2H3,(H2,19,20,21). The molecule has 0 aromatic rings. The van der Waals surface area contributed by atoms with Crippen LogP contribution in [0.4, 0.5) is 0 Å². The average Bonchev–Trinajstić information content (AvgIpc) is 2.61. The minimum atomic E-state index is -2.80. The van der Waals surface area contributed by atoms with Crippen LogP contribution in [0.2, 0.25) is 0 Å². The topological polar surface area (TPSA) is 77.0 Å². The Morgan fingerprint density at radius 1 is 1.12 bits per heavy atom. The zero-order chi connectivity index (χ0) is 18.8. The van der Waals surface area contributed by atoms with Gasteiger partial charge in [0.25, 0.3) is 0 Å². The summed E-state index contributed by atoms with van der Waals surface area (Å²) in [6.07, 6.45) is 5.11. The smallest absolute Gasteiger partial charge is 0.191 e. The summed E-state index contributed by atoms with van der Waals surface area (Å²) in [4.78, 5) is 9.47. The third-order valence-corrected chi connectivity index (χ3v) is 6.92. The summed E-state index contributed by atoms with van der Waals surface area (Å²) in [6, 6.07) is 0.715. The Kier molecular flexibility index (Phi) is 9.15. The molecule has 0 bridgehead atoms. The van der Waals surface area contributed by atoms with E-state index in [0.29, 0.717) is 19.1 Å². The lowest BCUT2D eigenvalue weighted by molar-refractivity contribution is 0.160. The van der Waals surface area contributed by atoms with Gasteiger partial charge >= 0.3 is 0 Å². The van der Waals surface area contributed by atoms with Crippen molar-refractivity contribution in [2.24, 2.45) is 4.99 Å². The van der Waals surface area contributed by atoms with E-state index < -0.39 is 9.84 Å². The molecule has 0 amide bonds. The van der Waals surface area contributed by atoms with Crippen molar-refractivity contribution in [3.63, 3.8) is 0 Å². The van der Waals surface area contributed by atoms with E-state index in [1.165, 1.54) is 25.8 Å². The lowest BCUT2D eigenvalue weighted by atomic mass is 10.0. The molecule has 2 aliphatic rings. The summed E-state index contributed by atoms with van der Waals surface area (Å²) < 4.78 is 22.9. The van der Waals surface area contributed by atoms with Crippen molar-refractivity contribution in [2.45, 2.75) is 45.6 Å². The normalized spacial score (nSPS) is 25.2. The second-order valence-electron chi connectivity index (χ2n) is 7.42. The first-order valence-corrected chi connectivity index (χ1v) is 12.0. The van der Waals surface area contributed by atoms with Crippen molar-refractivity contribution < 1.29 is 8.42 Å². The molecular weight excluding hydrogens is 350 g/mol. The molecule has 2 N–H and O–H groups in total. The van der Waals surface area contributed by atoms with Gasteiger partial charge in [-0.05, 0) is 39.7 Å². The Hall–Kier alpha value is -0.860. The van der Waals surface area contributed by atoms with E-state index in [9.17, 15) is 8.42 Å². The van der Waals surface area contributed by atoms with Gasteiger partial charge in [-0.3, -0.25) is 9.89 Å². The third kappa shape index (κ3) is 7.80. The molecule has 2 rings (SSSR count). The zero-order valence-electron chi connectivity index (χ0n) is 16.5. The Balaban J connectivity index is 1.64. The maximum Gasteiger partial charge on any atom is 0.191 e. The Morgan fingerprint density at radius 3 is 2.58 bits per heavy atom. The second kappa shape index (κ2) is 11.1. The van der Waals surface area contributed by atoms with Gasteiger partial charge in [-0.15, -0.1) is 0 Å². The van der Waals surface area contributed by atoms with Crippen LogP contribution in [0, 0.1) is 0 Å². The summed E-state index contributed by atoms with van der Waals surface area (Å²) in [6.45, 7) is 11.4. The van der Waals surface area contributed by atoms with Gasteiger partial charge in [-0.2, -0.15) is 0 Å². The number of piperidine rings is 1. The molecule has 2 saturated heterocycles. The van der Waals surface area contributed by atoms with Gasteiger partial charge in [0.1, 0.15) is 0 Å². The first kappa shape index (κ1) is 21.4. The molecule has 2 heterocycles. The first-order chi connectivity index (χ1) is 12.5. The highest BCUT2D eigenvalue weighted by Crippen LogP contribution is 2.16. The van der Waals surface area contributed by atoms with E-state index in [1.54, 1.807) is 0 Å². The molecule has 8 heteroatoms. The lowest BCUT2D eigenvalue weighted by Gasteiger charge is -2.33. The van der Waals surface area contributed by atoms with Crippen LogP contribution < -0.4 is 10.6 Å².